The van der Waals surface area contributed by atoms with Crippen molar-refractivity contribution in [1.82, 2.24) is 0 Å². The predicted octanol–water partition coefficient (Wildman–Crippen LogP) is 3.76. The smallest absolute Gasteiger partial charge is 0.126 e. The van der Waals surface area contributed by atoms with Gasteiger partial charge < -0.3 is 5.32 Å². The molecule has 0 bridgehead atoms. The third kappa shape index (κ3) is 3.03. The van der Waals surface area contributed by atoms with E-state index in [0.717, 1.165) is 17.3 Å². The molecular weight excluding hydrogens is 220 g/mol. The maximum atomic E-state index is 13.0. The minimum atomic E-state index is -0.565. The molecule has 2 aromatic carbocycles. The number of anilines is 1. The van der Waals surface area contributed by atoms with Gasteiger partial charge in [0, 0.05) is 18.3 Å². The molecule has 0 amide bonds. The fraction of sp³-hybridized carbons (Fsp3) is 0.0714. The summed E-state index contributed by atoms with van der Waals surface area (Å²) in [5.41, 5.74) is 2.27. The van der Waals surface area contributed by atoms with Gasteiger partial charge in [-0.3, -0.25) is 0 Å². The molecule has 2 rings (SSSR count). The van der Waals surface area contributed by atoms with Gasteiger partial charge in [0.05, 0.1) is 0 Å². The topological polar surface area (TPSA) is 12.0 Å². The minimum Gasteiger partial charge on any atom is -0.381 e. The highest BCUT2D eigenvalue weighted by Gasteiger charge is 2.01. The summed E-state index contributed by atoms with van der Waals surface area (Å²) in [6.45, 7) is 4.22. The number of para-hydroxylation sites is 1. The van der Waals surface area contributed by atoms with Gasteiger partial charge in [-0.25, -0.2) is 8.78 Å². The highest BCUT2D eigenvalue weighted by Crippen LogP contribution is 2.15. The highest BCUT2D eigenvalue weighted by molar-refractivity contribution is 5.52. The summed E-state index contributed by atoms with van der Waals surface area (Å²) in [7, 11) is 0. The predicted molar refractivity (Wildman–Crippen MR) is 64.6 cm³/mol. The van der Waals surface area contributed by atoms with Crippen LogP contribution in [0.2, 0.25) is 0 Å². The molecule has 2 aromatic rings. The van der Waals surface area contributed by atoms with Crippen LogP contribution in [0.3, 0.4) is 0 Å². The Balaban J connectivity index is 2.10. The van der Waals surface area contributed by atoms with Crippen LogP contribution in [0, 0.1) is 18.6 Å². The van der Waals surface area contributed by atoms with Crippen molar-refractivity contribution < 1.29 is 8.78 Å². The van der Waals surface area contributed by atoms with Crippen molar-refractivity contribution in [3.8, 4) is 0 Å². The summed E-state index contributed by atoms with van der Waals surface area (Å²) in [6, 6.07) is 11.0. The summed E-state index contributed by atoms with van der Waals surface area (Å²) >= 11 is 0. The first-order valence-electron chi connectivity index (χ1n) is 5.25. The fourth-order valence-electron chi connectivity index (χ4n) is 1.60. The summed E-state index contributed by atoms with van der Waals surface area (Å²) in [6.07, 6.45) is 0. The summed E-state index contributed by atoms with van der Waals surface area (Å²) in [5.74, 6) is -1.13. The van der Waals surface area contributed by atoms with E-state index in [1.54, 1.807) is 0 Å². The van der Waals surface area contributed by atoms with Crippen molar-refractivity contribution in [1.29, 1.82) is 0 Å². The Kier molecular flexibility index (Phi) is 3.38. The first kappa shape index (κ1) is 11.6. The van der Waals surface area contributed by atoms with E-state index < -0.39 is 11.6 Å². The van der Waals surface area contributed by atoms with Crippen LogP contribution in [0.5, 0.6) is 0 Å². The molecule has 0 saturated carbocycles. The fourth-order valence-corrected chi connectivity index (χ4v) is 1.60. The van der Waals surface area contributed by atoms with Crippen LogP contribution in [0.1, 0.15) is 11.1 Å². The van der Waals surface area contributed by atoms with Gasteiger partial charge in [0.1, 0.15) is 11.6 Å². The molecule has 0 heterocycles. The second-order valence-corrected chi connectivity index (χ2v) is 3.79. The van der Waals surface area contributed by atoms with Crippen LogP contribution in [-0.4, -0.2) is 0 Å². The lowest BCUT2D eigenvalue weighted by atomic mass is 10.1. The largest absolute Gasteiger partial charge is 0.381 e. The third-order valence-electron chi connectivity index (χ3n) is 2.42. The lowest BCUT2D eigenvalue weighted by Crippen LogP contribution is -2.01. The van der Waals surface area contributed by atoms with Crippen LogP contribution >= 0.6 is 0 Å². The molecule has 1 radical (unpaired) electrons. The molecule has 0 atom stereocenters. The Morgan fingerprint density at radius 2 is 1.65 bits per heavy atom. The first-order chi connectivity index (χ1) is 8.15. The van der Waals surface area contributed by atoms with E-state index >= 15 is 0 Å². The standard InChI is InChI=1S/C14H12F2N/c1-10-4-2-3-5-14(10)17-9-11-6-12(15)8-13(16)7-11/h2-8,17H,1,9H2. The summed E-state index contributed by atoms with van der Waals surface area (Å²) in [5, 5.41) is 3.09. The molecule has 1 nitrogen and oxygen atoms in total. The molecule has 0 saturated heterocycles. The lowest BCUT2D eigenvalue weighted by molar-refractivity contribution is 0.580. The quantitative estimate of drug-likeness (QED) is 0.849. The average molecular weight is 232 g/mol. The van der Waals surface area contributed by atoms with Crippen molar-refractivity contribution in [2.75, 3.05) is 5.32 Å². The zero-order chi connectivity index (χ0) is 12.3. The normalized spacial score (nSPS) is 10.3. The second-order valence-electron chi connectivity index (χ2n) is 3.79. The van der Waals surface area contributed by atoms with Gasteiger partial charge in [0.2, 0.25) is 0 Å². The molecular formula is C14H12F2N. The molecule has 0 aliphatic heterocycles. The Morgan fingerprint density at radius 3 is 2.29 bits per heavy atom. The molecule has 0 fully saturated rings. The zero-order valence-corrected chi connectivity index (χ0v) is 9.21. The van der Waals surface area contributed by atoms with E-state index in [9.17, 15) is 8.78 Å². The number of hydrogen-bond donors (Lipinski definition) is 1. The summed E-state index contributed by atoms with van der Waals surface area (Å²) in [4.78, 5) is 0. The van der Waals surface area contributed by atoms with Crippen LogP contribution in [-0.2, 0) is 6.54 Å². The van der Waals surface area contributed by atoms with E-state index in [-0.39, 0.29) is 0 Å². The average Bonchev–Trinajstić information content (AvgIpc) is 2.27. The van der Waals surface area contributed by atoms with Crippen LogP contribution < -0.4 is 5.32 Å². The van der Waals surface area contributed by atoms with Crippen molar-refractivity contribution >= 4 is 5.69 Å². The number of halogens is 2. The van der Waals surface area contributed by atoms with Crippen LogP contribution in [0.15, 0.2) is 42.5 Å². The highest BCUT2D eigenvalue weighted by atomic mass is 19.1. The Bertz CT molecular complexity index is 503. The zero-order valence-electron chi connectivity index (χ0n) is 9.21. The first-order valence-corrected chi connectivity index (χ1v) is 5.25. The van der Waals surface area contributed by atoms with Gasteiger partial charge in [-0.2, -0.15) is 0 Å². The van der Waals surface area contributed by atoms with Gasteiger partial charge in [0.15, 0.2) is 0 Å². The van der Waals surface area contributed by atoms with E-state index in [0.29, 0.717) is 12.1 Å². The maximum absolute atomic E-state index is 13.0. The van der Waals surface area contributed by atoms with Crippen LogP contribution in [0.4, 0.5) is 14.5 Å². The van der Waals surface area contributed by atoms with Crippen molar-refractivity contribution in [2.45, 2.75) is 6.54 Å². The van der Waals surface area contributed by atoms with Gasteiger partial charge in [-0.1, -0.05) is 18.2 Å². The SMILES string of the molecule is [CH2]c1ccccc1NCc1cc(F)cc(F)c1. The van der Waals surface area contributed by atoms with Gasteiger partial charge in [0.25, 0.3) is 0 Å². The lowest BCUT2D eigenvalue weighted by Gasteiger charge is -2.09. The van der Waals surface area contributed by atoms with Crippen LogP contribution in [0.25, 0.3) is 0 Å². The number of benzene rings is 2. The number of hydrogen-bond acceptors (Lipinski definition) is 1. The number of nitrogens with one attached hydrogen (secondary N) is 1. The van der Waals surface area contributed by atoms with Crippen molar-refractivity contribution in [3.05, 3.63) is 72.1 Å². The van der Waals surface area contributed by atoms with E-state index in [2.05, 4.69) is 12.2 Å². The number of rotatable bonds is 3. The van der Waals surface area contributed by atoms with E-state index in [4.69, 9.17) is 0 Å². The monoisotopic (exact) mass is 232 g/mol. The van der Waals surface area contributed by atoms with Crippen molar-refractivity contribution in [3.63, 3.8) is 0 Å². The Morgan fingerprint density at radius 1 is 1.00 bits per heavy atom. The maximum Gasteiger partial charge on any atom is 0.126 e. The Hall–Kier alpha value is -1.90. The molecule has 17 heavy (non-hydrogen) atoms. The Labute approximate surface area is 99.1 Å². The molecule has 3 heteroatoms. The molecule has 0 aromatic heterocycles. The molecule has 0 aliphatic rings. The van der Waals surface area contributed by atoms with Gasteiger partial charge >= 0.3 is 0 Å². The second kappa shape index (κ2) is 4.95. The molecule has 0 aliphatic carbocycles. The summed E-state index contributed by atoms with van der Waals surface area (Å²) < 4.78 is 25.9. The van der Waals surface area contributed by atoms with Gasteiger partial charge in [-0.15, -0.1) is 0 Å². The van der Waals surface area contributed by atoms with E-state index in [1.165, 1.54) is 12.1 Å². The third-order valence-corrected chi connectivity index (χ3v) is 2.42. The van der Waals surface area contributed by atoms with Crippen molar-refractivity contribution in [2.24, 2.45) is 0 Å². The molecule has 0 unspecified atom stereocenters. The van der Waals surface area contributed by atoms with Gasteiger partial charge in [-0.05, 0) is 36.2 Å². The molecule has 87 valence electrons. The molecule has 0 spiro atoms. The minimum absolute atomic E-state index is 0.362. The molecule has 1 N–H and O–H groups in total. The van der Waals surface area contributed by atoms with E-state index in [1.807, 2.05) is 24.3 Å².